The van der Waals surface area contributed by atoms with Crippen molar-refractivity contribution < 1.29 is 4.39 Å². The standard InChI is InChI=1S/C14H15BrFNS/c15-10-6-7-13(16)12(9-10)14(17)5-1-3-11-4-2-8-18-11/h2,4,6-9,14H,1,3,5,17H2. The van der Waals surface area contributed by atoms with Crippen LogP contribution in [0.4, 0.5) is 4.39 Å². The average molecular weight is 328 g/mol. The Labute approximate surface area is 119 Å². The molecule has 0 aliphatic heterocycles. The fraction of sp³-hybridized carbons (Fsp3) is 0.286. The Balaban J connectivity index is 1.91. The van der Waals surface area contributed by atoms with Crippen LogP contribution in [0.5, 0.6) is 0 Å². The average Bonchev–Trinajstić information content (AvgIpc) is 2.85. The zero-order valence-corrected chi connectivity index (χ0v) is 12.3. The molecule has 0 aliphatic rings. The van der Waals surface area contributed by atoms with Gasteiger partial charge in [0.2, 0.25) is 0 Å². The highest BCUT2D eigenvalue weighted by molar-refractivity contribution is 9.10. The van der Waals surface area contributed by atoms with E-state index in [0.717, 1.165) is 23.7 Å². The highest BCUT2D eigenvalue weighted by atomic mass is 79.9. The van der Waals surface area contributed by atoms with Crippen LogP contribution in [0.15, 0.2) is 40.2 Å². The molecule has 0 aliphatic carbocycles. The van der Waals surface area contributed by atoms with Crippen molar-refractivity contribution in [2.75, 3.05) is 0 Å². The van der Waals surface area contributed by atoms with Gasteiger partial charge in [0.25, 0.3) is 0 Å². The molecule has 0 saturated carbocycles. The molecule has 1 atom stereocenters. The summed E-state index contributed by atoms with van der Waals surface area (Å²) in [5, 5.41) is 2.07. The van der Waals surface area contributed by atoms with E-state index in [2.05, 4.69) is 27.4 Å². The van der Waals surface area contributed by atoms with Gasteiger partial charge in [0.15, 0.2) is 0 Å². The van der Waals surface area contributed by atoms with Crippen LogP contribution < -0.4 is 5.73 Å². The maximum atomic E-state index is 13.6. The van der Waals surface area contributed by atoms with Crippen LogP contribution in [0.3, 0.4) is 0 Å². The molecule has 1 heterocycles. The third kappa shape index (κ3) is 3.64. The molecular weight excluding hydrogens is 313 g/mol. The molecule has 2 N–H and O–H groups in total. The fourth-order valence-corrected chi connectivity index (χ4v) is 3.04. The first-order valence-corrected chi connectivity index (χ1v) is 7.57. The Morgan fingerprint density at radius 3 is 2.89 bits per heavy atom. The summed E-state index contributed by atoms with van der Waals surface area (Å²) in [6.45, 7) is 0. The number of hydrogen-bond acceptors (Lipinski definition) is 2. The van der Waals surface area contributed by atoms with Gasteiger partial charge in [-0.1, -0.05) is 22.0 Å². The van der Waals surface area contributed by atoms with Gasteiger partial charge in [-0.05, 0) is 48.9 Å². The molecule has 1 aromatic heterocycles. The molecule has 4 heteroatoms. The lowest BCUT2D eigenvalue weighted by molar-refractivity contribution is 0.551. The van der Waals surface area contributed by atoms with Gasteiger partial charge < -0.3 is 5.73 Å². The number of rotatable bonds is 5. The maximum absolute atomic E-state index is 13.6. The molecule has 18 heavy (non-hydrogen) atoms. The van der Waals surface area contributed by atoms with Crippen molar-refractivity contribution in [1.29, 1.82) is 0 Å². The Kier molecular flexibility index (Phi) is 4.92. The van der Waals surface area contributed by atoms with Crippen molar-refractivity contribution in [3.63, 3.8) is 0 Å². The number of nitrogens with two attached hydrogens (primary N) is 1. The topological polar surface area (TPSA) is 26.0 Å². The monoisotopic (exact) mass is 327 g/mol. The fourth-order valence-electron chi connectivity index (χ4n) is 1.91. The summed E-state index contributed by atoms with van der Waals surface area (Å²) in [6, 6.07) is 8.85. The predicted octanol–water partition coefficient (Wildman–Crippen LogP) is 4.67. The summed E-state index contributed by atoms with van der Waals surface area (Å²) in [4.78, 5) is 1.36. The van der Waals surface area contributed by atoms with Gasteiger partial charge in [-0.25, -0.2) is 4.39 Å². The molecule has 0 amide bonds. The van der Waals surface area contributed by atoms with Crippen LogP contribution in [-0.2, 0) is 6.42 Å². The second-order valence-electron chi connectivity index (χ2n) is 4.24. The molecule has 0 radical (unpaired) electrons. The Morgan fingerprint density at radius 2 is 2.17 bits per heavy atom. The lowest BCUT2D eigenvalue weighted by Crippen LogP contribution is -2.12. The number of benzene rings is 1. The molecule has 0 bridgehead atoms. The quantitative estimate of drug-likeness (QED) is 0.848. The zero-order chi connectivity index (χ0) is 13.0. The highest BCUT2D eigenvalue weighted by Crippen LogP contribution is 2.24. The van der Waals surface area contributed by atoms with Crippen LogP contribution in [0, 0.1) is 5.82 Å². The normalized spacial score (nSPS) is 12.6. The van der Waals surface area contributed by atoms with Crippen molar-refractivity contribution in [2.45, 2.75) is 25.3 Å². The van der Waals surface area contributed by atoms with E-state index in [0.29, 0.717) is 5.56 Å². The second-order valence-corrected chi connectivity index (χ2v) is 6.19. The SMILES string of the molecule is NC(CCCc1cccs1)c1cc(Br)ccc1F. The van der Waals surface area contributed by atoms with Gasteiger partial charge in [-0.3, -0.25) is 0 Å². The molecular formula is C14H15BrFNS. The lowest BCUT2D eigenvalue weighted by Gasteiger charge is -2.13. The lowest BCUT2D eigenvalue weighted by atomic mass is 10.0. The molecule has 2 rings (SSSR count). The van der Waals surface area contributed by atoms with Crippen LogP contribution in [-0.4, -0.2) is 0 Å². The van der Waals surface area contributed by atoms with Crippen molar-refractivity contribution >= 4 is 27.3 Å². The first-order valence-electron chi connectivity index (χ1n) is 5.89. The van der Waals surface area contributed by atoms with Gasteiger partial charge in [0.05, 0.1) is 0 Å². The van der Waals surface area contributed by atoms with Gasteiger partial charge >= 0.3 is 0 Å². The van der Waals surface area contributed by atoms with Crippen molar-refractivity contribution in [3.8, 4) is 0 Å². The van der Waals surface area contributed by atoms with Crippen LogP contribution in [0.25, 0.3) is 0 Å². The van der Waals surface area contributed by atoms with Crippen LogP contribution >= 0.6 is 27.3 Å². The molecule has 96 valence electrons. The Bertz CT molecular complexity index is 499. The molecule has 1 aromatic carbocycles. The number of halogens is 2. The van der Waals surface area contributed by atoms with Crippen LogP contribution in [0.1, 0.15) is 29.3 Å². The van der Waals surface area contributed by atoms with E-state index >= 15 is 0 Å². The Morgan fingerprint density at radius 1 is 1.33 bits per heavy atom. The van der Waals surface area contributed by atoms with E-state index in [9.17, 15) is 4.39 Å². The van der Waals surface area contributed by atoms with Gasteiger partial charge in [-0.15, -0.1) is 11.3 Å². The number of aryl methyl sites for hydroxylation is 1. The van der Waals surface area contributed by atoms with Crippen molar-refractivity contribution in [1.82, 2.24) is 0 Å². The van der Waals surface area contributed by atoms with Gasteiger partial charge in [-0.2, -0.15) is 0 Å². The number of hydrogen-bond donors (Lipinski definition) is 1. The third-order valence-corrected chi connectivity index (χ3v) is 4.31. The second kappa shape index (κ2) is 6.45. The van der Waals surface area contributed by atoms with E-state index in [1.54, 1.807) is 23.5 Å². The Hall–Kier alpha value is -0.710. The van der Waals surface area contributed by atoms with E-state index in [1.807, 2.05) is 6.07 Å². The van der Waals surface area contributed by atoms with Gasteiger partial charge in [0.1, 0.15) is 5.82 Å². The smallest absolute Gasteiger partial charge is 0.128 e. The molecule has 1 nitrogen and oxygen atoms in total. The maximum Gasteiger partial charge on any atom is 0.128 e. The molecule has 2 aromatic rings. The van der Waals surface area contributed by atoms with Gasteiger partial charge in [0, 0.05) is 21.0 Å². The molecule has 0 spiro atoms. The predicted molar refractivity (Wildman–Crippen MR) is 78.3 cm³/mol. The minimum Gasteiger partial charge on any atom is -0.324 e. The highest BCUT2D eigenvalue weighted by Gasteiger charge is 2.11. The third-order valence-electron chi connectivity index (χ3n) is 2.88. The largest absolute Gasteiger partial charge is 0.324 e. The summed E-state index contributed by atoms with van der Waals surface area (Å²) in [5.74, 6) is -0.221. The molecule has 0 fully saturated rings. The summed E-state index contributed by atoms with van der Waals surface area (Å²) in [6.07, 6.45) is 2.79. The summed E-state index contributed by atoms with van der Waals surface area (Å²) >= 11 is 5.10. The van der Waals surface area contributed by atoms with E-state index in [1.165, 1.54) is 10.9 Å². The summed E-state index contributed by atoms with van der Waals surface area (Å²) < 4.78 is 14.5. The van der Waals surface area contributed by atoms with E-state index in [-0.39, 0.29) is 11.9 Å². The minimum absolute atomic E-state index is 0.221. The van der Waals surface area contributed by atoms with E-state index < -0.39 is 0 Å². The van der Waals surface area contributed by atoms with Crippen molar-refractivity contribution in [2.24, 2.45) is 5.73 Å². The van der Waals surface area contributed by atoms with Crippen LogP contribution in [0.2, 0.25) is 0 Å². The zero-order valence-electron chi connectivity index (χ0n) is 9.90. The summed E-state index contributed by atoms with van der Waals surface area (Å²) in [7, 11) is 0. The van der Waals surface area contributed by atoms with E-state index in [4.69, 9.17) is 5.73 Å². The van der Waals surface area contributed by atoms with Crippen molar-refractivity contribution in [3.05, 3.63) is 56.4 Å². The minimum atomic E-state index is -0.234. The number of thiophene rings is 1. The molecule has 0 saturated heterocycles. The first-order chi connectivity index (χ1) is 8.66. The first kappa shape index (κ1) is 13.7. The summed E-state index contributed by atoms with van der Waals surface area (Å²) in [5.41, 5.74) is 6.64. The molecule has 1 unspecified atom stereocenters.